The molecule has 3 rings (SSSR count). The number of nitrogens with one attached hydrogen (secondary N) is 1. The van der Waals surface area contributed by atoms with Crippen molar-refractivity contribution in [1.82, 2.24) is 4.90 Å². The molecule has 100 valence electrons. The fraction of sp³-hybridized carbons (Fsp3) is 0.385. The first kappa shape index (κ1) is 12.3. The van der Waals surface area contributed by atoms with E-state index in [0.29, 0.717) is 18.1 Å². The molecule has 0 spiro atoms. The number of carboxylic acid groups (broad SMARTS) is 1. The van der Waals surface area contributed by atoms with Crippen LogP contribution >= 0.6 is 11.8 Å². The quantitative estimate of drug-likeness (QED) is 0.845. The molecule has 1 amide bonds. The molecule has 6 heteroatoms. The number of rotatable bonds is 2. The molecule has 1 saturated heterocycles. The van der Waals surface area contributed by atoms with Crippen LogP contribution in [0, 0.1) is 0 Å². The summed E-state index contributed by atoms with van der Waals surface area (Å²) in [5, 5.41) is 12.3. The van der Waals surface area contributed by atoms with Crippen LogP contribution in [0.1, 0.15) is 5.56 Å². The third-order valence-corrected chi connectivity index (χ3v) is 4.53. The molecule has 2 aliphatic rings. The Morgan fingerprint density at radius 3 is 2.89 bits per heavy atom. The second kappa shape index (κ2) is 4.77. The molecule has 0 aliphatic carbocycles. The van der Waals surface area contributed by atoms with E-state index in [1.54, 1.807) is 0 Å². The number of nitrogens with zero attached hydrogens (tertiary/aromatic N) is 1. The van der Waals surface area contributed by atoms with E-state index in [0.717, 1.165) is 11.3 Å². The number of benzene rings is 1. The van der Waals surface area contributed by atoms with Crippen LogP contribution in [0.25, 0.3) is 0 Å². The van der Waals surface area contributed by atoms with Crippen molar-refractivity contribution in [2.45, 2.75) is 18.5 Å². The molecular weight excluding hydrogens is 264 g/mol. The monoisotopic (exact) mass is 278 g/mol. The number of para-hydroxylation sites is 1. The second-order valence-corrected chi connectivity index (χ2v) is 5.72. The van der Waals surface area contributed by atoms with Gasteiger partial charge < -0.3 is 15.3 Å². The minimum atomic E-state index is -0.922. The van der Waals surface area contributed by atoms with Crippen molar-refractivity contribution >= 4 is 29.3 Å². The zero-order valence-corrected chi connectivity index (χ0v) is 11.0. The predicted molar refractivity (Wildman–Crippen MR) is 73.2 cm³/mol. The molecule has 5 nitrogen and oxygen atoms in total. The molecule has 1 aromatic carbocycles. The molecule has 2 heterocycles. The van der Waals surface area contributed by atoms with Crippen molar-refractivity contribution in [3.05, 3.63) is 29.8 Å². The fourth-order valence-corrected chi connectivity index (χ4v) is 3.67. The Balaban J connectivity index is 1.74. The van der Waals surface area contributed by atoms with Gasteiger partial charge in [-0.15, -0.1) is 11.8 Å². The molecule has 0 radical (unpaired) electrons. The molecule has 2 aliphatic heterocycles. The van der Waals surface area contributed by atoms with Gasteiger partial charge in [-0.3, -0.25) is 4.79 Å². The summed E-state index contributed by atoms with van der Waals surface area (Å²) in [6.07, 6.45) is 0.627. The lowest BCUT2D eigenvalue weighted by atomic mass is 10.1. The minimum absolute atomic E-state index is 0.117. The van der Waals surface area contributed by atoms with Gasteiger partial charge in [0.05, 0.1) is 5.88 Å². The van der Waals surface area contributed by atoms with Gasteiger partial charge in [0.1, 0.15) is 12.1 Å². The van der Waals surface area contributed by atoms with E-state index in [9.17, 15) is 9.59 Å². The predicted octanol–water partition coefficient (Wildman–Crippen LogP) is 1.01. The van der Waals surface area contributed by atoms with Crippen molar-refractivity contribution in [2.24, 2.45) is 0 Å². The second-order valence-electron chi connectivity index (χ2n) is 4.72. The number of aliphatic carboxylic acids is 1. The van der Waals surface area contributed by atoms with Crippen molar-refractivity contribution < 1.29 is 14.7 Å². The number of fused-ring (bicyclic) bond motifs is 1. The molecular formula is C13H14N2O3S. The van der Waals surface area contributed by atoms with Crippen molar-refractivity contribution in [2.75, 3.05) is 16.9 Å². The van der Waals surface area contributed by atoms with Crippen molar-refractivity contribution in [3.63, 3.8) is 0 Å². The van der Waals surface area contributed by atoms with Crippen LogP contribution in [0.15, 0.2) is 24.3 Å². The lowest BCUT2D eigenvalue weighted by molar-refractivity contribution is -0.148. The summed E-state index contributed by atoms with van der Waals surface area (Å²) in [5.41, 5.74) is 2.08. The van der Waals surface area contributed by atoms with Crippen LogP contribution in [0.2, 0.25) is 0 Å². The Bertz CT molecular complexity index is 509. The van der Waals surface area contributed by atoms with Crippen LogP contribution in [0.3, 0.4) is 0 Å². The van der Waals surface area contributed by atoms with Gasteiger partial charge in [0.25, 0.3) is 0 Å². The number of carbonyl (C=O) groups is 2. The van der Waals surface area contributed by atoms with E-state index < -0.39 is 12.0 Å². The van der Waals surface area contributed by atoms with Gasteiger partial charge in [0, 0.05) is 17.9 Å². The smallest absolute Gasteiger partial charge is 0.327 e. The topological polar surface area (TPSA) is 69.6 Å². The molecule has 0 bridgehead atoms. The minimum Gasteiger partial charge on any atom is -0.480 e. The normalized spacial score (nSPS) is 24.9. The summed E-state index contributed by atoms with van der Waals surface area (Å²) >= 11 is 1.49. The number of thioether (sulfide) groups is 1. The molecule has 1 fully saturated rings. The average Bonchev–Trinajstić information content (AvgIpc) is 3.04. The standard InChI is InChI=1S/C13H14N2O3S/c16-12(15-7-19-6-11(15)13(17)18)10-5-8-3-1-2-4-9(8)14-10/h1-4,10-11,14H,5-7H2,(H,17,18). The van der Waals surface area contributed by atoms with Crippen LogP contribution < -0.4 is 5.32 Å². The Morgan fingerprint density at radius 2 is 2.16 bits per heavy atom. The molecule has 1 aromatic rings. The maximum absolute atomic E-state index is 12.4. The van der Waals surface area contributed by atoms with Gasteiger partial charge in [0.2, 0.25) is 5.91 Å². The summed E-state index contributed by atoms with van der Waals surface area (Å²) in [5.74, 6) is -0.104. The zero-order valence-electron chi connectivity index (χ0n) is 10.2. The first-order chi connectivity index (χ1) is 9.16. The van der Waals surface area contributed by atoms with E-state index in [1.807, 2.05) is 24.3 Å². The Morgan fingerprint density at radius 1 is 1.37 bits per heavy atom. The Hall–Kier alpha value is -1.69. The summed E-state index contributed by atoms with van der Waals surface area (Å²) in [4.78, 5) is 25.0. The van der Waals surface area contributed by atoms with E-state index in [1.165, 1.54) is 16.7 Å². The number of hydrogen-bond acceptors (Lipinski definition) is 4. The lowest BCUT2D eigenvalue weighted by Crippen LogP contribution is -2.48. The maximum Gasteiger partial charge on any atom is 0.327 e. The van der Waals surface area contributed by atoms with Crippen LogP contribution in [0.4, 0.5) is 5.69 Å². The highest BCUT2D eigenvalue weighted by atomic mass is 32.2. The highest BCUT2D eigenvalue weighted by Gasteiger charge is 2.39. The Kier molecular flexibility index (Phi) is 3.10. The molecule has 2 atom stereocenters. The lowest BCUT2D eigenvalue weighted by Gasteiger charge is -2.24. The summed E-state index contributed by atoms with van der Waals surface area (Å²) in [6.45, 7) is 0. The van der Waals surface area contributed by atoms with E-state index in [-0.39, 0.29) is 11.9 Å². The zero-order chi connectivity index (χ0) is 13.4. The van der Waals surface area contributed by atoms with Crippen LogP contribution in [-0.4, -0.2) is 45.6 Å². The molecule has 0 saturated carbocycles. The van der Waals surface area contributed by atoms with Gasteiger partial charge >= 0.3 is 5.97 Å². The third kappa shape index (κ3) is 2.16. The average molecular weight is 278 g/mol. The number of carboxylic acids is 1. The summed E-state index contributed by atoms with van der Waals surface area (Å²) in [6, 6.07) is 6.77. The summed E-state index contributed by atoms with van der Waals surface area (Å²) < 4.78 is 0. The fourth-order valence-electron chi connectivity index (χ4n) is 2.51. The van der Waals surface area contributed by atoms with Crippen molar-refractivity contribution in [3.8, 4) is 0 Å². The van der Waals surface area contributed by atoms with E-state index >= 15 is 0 Å². The number of carbonyl (C=O) groups excluding carboxylic acids is 1. The Labute approximate surface area is 115 Å². The van der Waals surface area contributed by atoms with Gasteiger partial charge in [-0.2, -0.15) is 0 Å². The van der Waals surface area contributed by atoms with Crippen molar-refractivity contribution in [1.29, 1.82) is 0 Å². The van der Waals surface area contributed by atoms with E-state index in [2.05, 4.69) is 5.32 Å². The van der Waals surface area contributed by atoms with Gasteiger partial charge in [0.15, 0.2) is 0 Å². The maximum atomic E-state index is 12.4. The third-order valence-electron chi connectivity index (χ3n) is 3.52. The van der Waals surface area contributed by atoms with Gasteiger partial charge in [-0.1, -0.05) is 18.2 Å². The molecule has 2 unspecified atom stereocenters. The molecule has 2 N–H and O–H groups in total. The van der Waals surface area contributed by atoms with Gasteiger partial charge in [-0.25, -0.2) is 4.79 Å². The number of amides is 1. The largest absolute Gasteiger partial charge is 0.480 e. The van der Waals surface area contributed by atoms with Crippen LogP contribution in [-0.2, 0) is 16.0 Å². The first-order valence-corrected chi connectivity index (χ1v) is 7.28. The highest BCUT2D eigenvalue weighted by molar-refractivity contribution is 7.99. The molecule has 0 aromatic heterocycles. The van der Waals surface area contributed by atoms with Crippen LogP contribution in [0.5, 0.6) is 0 Å². The SMILES string of the molecule is O=C(O)C1CSCN1C(=O)C1Cc2ccccc2N1. The highest BCUT2D eigenvalue weighted by Crippen LogP contribution is 2.29. The summed E-state index contributed by atoms with van der Waals surface area (Å²) in [7, 11) is 0. The molecule has 19 heavy (non-hydrogen) atoms. The van der Waals surface area contributed by atoms with E-state index in [4.69, 9.17) is 5.11 Å². The van der Waals surface area contributed by atoms with Gasteiger partial charge in [-0.05, 0) is 11.6 Å². The number of anilines is 1. The number of hydrogen-bond donors (Lipinski definition) is 2. The first-order valence-electron chi connectivity index (χ1n) is 6.12.